The average molecular weight is 668 g/mol. The number of hydrogen-bond acceptors (Lipinski definition) is 7. The van der Waals surface area contributed by atoms with E-state index in [-0.39, 0.29) is 42.2 Å². The van der Waals surface area contributed by atoms with Gasteiger partial charge in [-0.2, -0.15) is 18.0 Å². The molecule has 2 heterocycles. The van der Waals surface area contributed by atoms with Crippen LogP contribution in [0.4, 0.5) is 24.8 Å². The Labute approximate surface area is 269 Å². The van der Waals surface area contributed by atoms with Crippen molar-refractivity contribution in [3.8, 4) is 0 Å². The number of nitrogens with zero attached hydrogens (tertiary/aromatic N) is 6. The average Bonchev–Trinajstić information content (AvgIpc) is 3.40. The van der Waals surface area contributed by atoms with Gasteiger partial charge in [0.25, 0.3) is 5.95 Å². The first-order valence-corrected chi connectivity index (χ1v) is 15.7. The number of carbonyl (C=O) groups excluding carboxylic acids is 2. The lowest BCUT2D eigenvalue weighted by Gasteiger charge is -2.45. The van der Waals surface area contributed by atoms with Gasteiger partial charge in [-0.05, 0) is 105 Å². The van der Waals surface area contributed by atoms with Crippen LogP contribution in [0, 0.1) is 11.8 Å². The SMILES string of the molecule is CCOC(=O)CC1CCC(C(=O)N2c3ccc(C(F)(F)F)cc3C(N(Cc3cc(Cl)cc(Cl)c3)c3nnn(C)n3)CC2C)CC1. The summed E-state index contributed by atoms with van der Waals surface area (Å²) in [6.07, 6.45) is -1.37. The van der Waals surface area contributed by atoms with Crippen molar-refractivity contribution in [3.63, 3.8) is 0 Å². The fourth-order valence-corrected chi connectivity index (χ4v) is 7.09. The van der Waals surface area contributed by atoms with E-state index in [0.29, 0.717) is 72.0 Å². The number of fused-ring (bicyclic) bond motifs is 1. The summed E-state index contributed by atoms with van der Waals surface area (Å²) in [5, 5.41) is 13.4. The third kappa shape index (κ3) is 7.54. The molecule has 0 radical (unpaired) electrons. The maximum Gasteiger partial charge on any atom is 0.416 e. The van der Waals surface area contributed by atoms with E-state index in [1.54, 1.807) is 42.0 Å². The maximum absolute atomic E-state index is 14.1. The Bertz CT molecular complexity index is 1520. The van der Waals surface area contributed by atoms with Crippen molar-refractivity contribution in [1.29, 1.82) is 0 Å². The van der Waals surface area contributed by atoms with Crippen molar-refractivity contribution < 1.29 is 27.5 Å². The lowest BCUT2D eigenvalue weighted by atomic mass is 9.79. The topological polar surface area (TPSA) is 93.5 Å². The zero-order valence-electron chi connectivity index (χ0n) is 25.2. The minimum Gasteiger partial charge on any atom is -0.466 e. The van der Waals surface area contributed by atoms with Gasteiger partial charge in [-0.25, -0.2) is 0 Å². The number of anilines is 2. The number of esters is 1. The summed E-state index contributed by atoms with van der Waals surface area (Å²) in [6.45, 7) is 4.17. The number of halogens is 5. The van der Waals surface area contributed by atoms with E-state index in [4.69, 9.17) is 27.9 Å². The van der Waals surface area contributed by atoms with Gasteiger partial charge in [0.15, 0.2) is 0 Å². The molecular weight excluding hydrogens is 632 g/mol. The van der Waals surface area contributed by atoms with E-state index >= 15 is 0 Å². The normalized spacial score (nSPS) is 21.7. The molecule has 1 saturated carbocycles. The van der Waals surface area contributed by atoms with E-state index in [9.17, 15) is 22.8 Å². The summed E-state index contributed by atoms with van der Waals surface area (Å²) in [5.74, 6) is -0.300. The lowest BCUT2D eigenvalue weighted by molar-refractivity contribution is -0.144. The van der Waals surface area contributed by atoms with Gasteiger partial charge in [-0.1, -0.05) is 28.3 Å². The number of benzene rings is 2. The molecule has 0 spiro atoms. The molecule has 1 aliphatic carbocycles. The molecule has 1 amide bonds. The van der Waals surface area contributed by atoms with Crippen LogP contribution in [-0.4, -0.2) is 44.7 Å². The van der Waals surface area contributed by atoms with Gasteiger partial charge < -0.3 is 14.5 Å². The number of ether oxygens (including phenoxy) is 1. The van der Waals surface area contributed by atoms with E-state index in [1.807, 2.05) is 6.92 Å². The molecule has 1 fully saturated rings. The van der Waals surface area contributed by atoms with Gasteiger partial charge >= 0.3 is 12.1 Å². The third-order valence-corrected chi connectivity index (χ3v) is 9.02. The molecule has 0 saturated heterocycles. The highest BCUT2D eigenvalue weighted by Crippen LogP contribution is 2.46. The quantitative estimate of drug-likeness (QED) is 0.235. The highest BCUT2D eigenvalue weighted by atomic mass is 35.5. The molecule has 0 bridgehead atoms. The number of alkyl halides is 3. The molecule has 9 nitrogen and oxygen atoms in total. The van der Waals surface area contributed by atoms with Gasteiger partial charge in [0.05, 0.1) is 25.3 Å². The van der Waals surface area contributed by atoms with Crippen molar-refractivity contribution in [2.45, 2.75) is 77.2 Å². The molecule has 1 aliphatic heterocycles. The van der Waals surface area contributed by atoms with Crippen molar-refractivity contribution >= 4 is 46.7 Å². The van der Waals surface area contributed by atoms with Gasteiger partial charge in [-0.15, -0.1) is 5.10 Å². The standard InChI is InChI=1S/C31H35Cl2F3N6O3/c1-4-45-28(43)14-19-5-7-21(8-6-19)29(44)42-18(2)11-27(25-15-22(31(34,35)36)9-10-26(25)42)41(30-37-39-40(3)38-30)17-20-12-23(32)16-24(33)13-20/h9-10,12-13,15-16,18-19,21,27H,4-8,11,14,17H2,1-3H3. The minimum atomic E-state index is -4.59. The largest absolute Gasteiger partial charge is 0.466 e. The number of amides is 1. The van der Waals surface area contributed by atoms with Crippen LogP contribution in [0.3, 0.4) is 0 Å². The van der Waals surface area contributed by atoms with Crippen LogP contribution in [0.25, 0.3) is 0 Å². The predicted octanol–water partition coefficient (Wildman–Crippen LogP) is 7.17. The summed E-state index contributed by atoms with van der Waals surface area (Å²) in [4.78, 5) is 30.8. The Kier molecular flexibility index (Phi) is 9.93. The third-order valence-electron chi connectivity index (χ3n) is 8.58. The first kappa shape index (κ1) is 33.0. The molecular formula is C31H35Cl2F3N6O3. The van der Waals surface area contributed by atoms with E-state index < -0.39 is 17.8 Å². The van der Waals surface area contributed by atoms with Crippen LogP contribution < -0.4 is 9.80 Å². The Morgan fingerprint density at radius 1 is 1.07 bits per heavy atom. The number of aromatic nitrogens is 4. The second kappa shape index (κ2) is 13.5. The Hall–Kier alpha value is -3.38. The Morgan fingerprint density at radius 3 is 2.36 bits per heavy atom. The van der Waals surface area contributed by atoms with Crippen LogP contribution in [-0.2, 0) is 34.1 Å². The number of rotatable bonds is 8. The van der Waals surface area contributed by atoms with Crippen LogP contribution in [0.2, 0.25) is 10.0 Å². The van der Waals surface area contributed by atoms with Gasteiger partial charge in [-0.3, -0.25) is 9.59 Å². The first-order chi connectivity index (χ1) is 21.3. The number of tetrazole rings is 1. The molecule has 3 aromatic rings. The van der Waals surface area contributed by atoms with Crippen LogP contribution in [0.1, 0.15) is 75.1 Å². The lowest BCUT2D eigenvalue weighted by Crippen LogP contribution is -2.49. The van der Waals surface area contributed by atoms with Crippen LogP contribution >= 0.6 is 23.2 Å². The molecule has 0 N–H and O–H groups in total. The number of carbonyl (C=O) groups is 2. The fraction of sp³-hybridized carbons (Fsp3) is 0.516. The number of hydrogen-bond donors (Lipinski definition) is 0. The molecule has 2 atom stereocenters. The summed E-state index contributed by atoms with van der Waals surface area (Å²) >= 11 is 12.6. The van der Waals surface area contributed by atoms with Crippen molar-refractivity contribution in [2.24, 2.45) is 18.9 Å². The molecule has 2 unspecified atom stereocenters. The minimum absolute atomic E-state index is 0.123. The van der Waals surface area contributed by atoms with Gasteiger partial charge in [0, 0.05) is 40.7 Å². The Balaban J connectivity index is 1.49. The zero-order chi connectivity index (χ0) is 32.5. The zero-order valence-corrected chi connectivity index (χ0v) is 26.7. The molecule has 5 rings (SSSR count). The second-order valence-electron chi connectivity index (χ2n) is 11.8. The Morgan fingerprint density at radius 2 is 1.76 bits per heavy atom. The summed E-state index contributed by atoms with van der Waals surface area (Å²) in [7, 11) is 1.60. The van der Waals surface area contributed by atoms with Crippen LogP contribution in [0.15, 0.2) is 36.4 Å². The summed E-state index contributed by atoms with van der Waals surface area (Å²) in [5.41, 5.74) is 0.654. The predicted molar refractivity (Wildman–Crippen MR) is 164 cm³/mol. The summed E-state index contributed by atoms with van der Waals surface area (Å²) < 4.78 is 47.2. The van der Waals surface area contributed by atoms with Crippen molar-refractivity contribution in [1.82, 2.24) is 20.2 Å². The van der Waals surface area contributed by atoms with Crippen LogP contribution in [0.5, 0.6) is 0 Å². The smallest absolute Gasteiger partial charge is 0.416 e. The van der Waals surface area contributed by atoms with E-state index in [0.717, 1.165) is 12.1 Å². The summed E-state index contributed by atoms with van der Waals surface area (Å²) in [6, 6.07) is 7.59. The molecule has 242 valence electrons. The van der Waals surface area contributed by atoms with Gasteiger partial charge in [0.2, 0.25) is 5.91 Å². The molecule has 1 aromatic heterocycles. The van der Waals surface area contributed by atoms with Crippen molar-refractivity contribution in [2.75, 3.05) is 16.4 Å². The highest BCUT2D eigenvalue weighted by Gasteiger charge is 2.42. The van der Waals surface area contributed by atoms with Gasteiger partial charge in [0.1, 0.15) is 0 Å². The molecule has 2 aliphatic rings. The maximum atomic E-state index is 14.1. The molecule has 14 heteroatoms. The highest BCUT2D eigenvalue weighted by molar-refractivity contribution is 6.34. The van der Waals surface area contributed by atoms with E-state index in [2.05, 4.69) is 15.4 Å². The van der Waals surface area contributed by atoms with E-state index in [1.165, 1.54) is 10.9 Å². The molecule has 2 aromatic carbocycles. The first-order valence-electron chi connectivity index (χ1n) is 15.0. The second-order valence-corrected chi connectivity index (χ2v) is 12.7. The van der Waals surface area contributed by atoms with Crippen molar-refractivity contribution in [3.05, 3.63) is 63.1 Å². The monoisotopic (exact) mass is 666 g/mol. The molecule has 45 heavy (non-hydrogen) atoms. The fourth-order valence-electron chi connectivity index (χ4n) is 6.52. The number of aryl methyl sites for hydroxylation is 1.